The molecule has 0 amide bonds. The fraction of sp³-hybridized carbons (Fsp3) is 0.667. The minimum absolute atomic E-state index is 0.0148. The minimum atomic E-state index is -3.13. The normalized spacial score (nSPS) is 26.7. The van der Waals surface area contributed by atoms with Crippen molar-refractivity contribution in [2.45, 2.75) is 55.7 Å². The lowest BCUT2D eigenvalue weighted by Gasteiger charge is -2.13. The van der Waals surface area contributed by atoms with E-state index < -0.39 is 10.0 Å². The van der Waals surface area contributed by atoms with E-state index in [1.54, 1.807) is 6.20 Å². The molecule has 3 aliphatic rings. The Hall–Kier alpha value is -1.74. The van der Waals surface area contributed by atoms with Crippen molar-refractivity contribution in [1.29, 1.82) is 0 Å². The number of anilines is 1. The molecular formula is C15H20N6O2S. The fourth-order valence-electron chi connectivity index (χ4n) is 3.94. The number of fused-ring (bicyclic) bond motifs is 3. The molecule has 1 aliphatic heterocycles. The van der Waals surface area contributed by atoms with Crippen molar-refractivity contribution < 1.29 is 8.42 Å². The summed E-state index contributed by atoms with van der Waals surface area (Å²) >= 11 is 0. The second-order valence-corrected chi connectivity index (χ2v) is 9.04. The van der Waals surface area contributed by atoms with Gasteiger partial charge in [-0.05, 0) is 32.1 Å². The van der Waals surface area contributed by atoms with Gasteiger partial charge in [-0.15, -0.1) is 10.2 Å². The summed E-state index contributed by atoms with van der Waals surface area (Å²) in [5.41, 5.74) is 1.91. The molecule has 2 aliphatic carbocycles. The van der Waals surface area contributed by atoms with E-state index in [1.807, 2.05) is 0 Å². The number of hydrogen-bond acceptors (Lipinski definition) is 6. The molecule has 5 rings (SSSR count). The predicted octanol–water partition coefficient (Wildman–Crippen LogP) is 0.810. The minimum Gasteiger partial charge on any atom is -0.368 e. The van der Waals surface area contributed by atoms with Crippen molar-refractivity contribution in [2.75, 3.05) is 11.9 Å². The summed E-state index contributed by atoms with van der Waals surface area (Å²) < 4.78 is 29.3. The van der Waals surface area contributed by atoms with Crippen LogP contribution in [0, 0.1) is 0 Å². The predicted molar refractivity (Wildman–Crippen MR) is 88.4 cm³/mol. The molecular weight excluding hydrogens is 328 g/mol. The third-order valence-corrected chi connectivity index (χ3v) is 7.32. The van der Waals surface area contributed by atoms with E-state index in [-0.39, 0.29) is 17.2 Å². The Labute approximate surface area is 140 Å². The third kappa shape index (κ3) is 2.29. The number of nitrogens with one attached hydrogen (secondary N) is 2. The zero-order valence-electron chi connectivity index (χ0n) is 13.3. The number of nitrogens with zero attached hydrogens (tertiary/aromatic N) is 4. The molecule has 3 heterocycles. The van der Waals surface area contributed by atoms with Crippen molar-refractivity contribution >= 4 is 21.5 Å². The summed E-state index contributed by atoms with van der Waals surface area (Å²) in [4.78, 5) is 4.39. The molecule has 0 bridgehead atoms. The maximum Gasteiger partial charge on any atom is 0.214 e. The highest BCUT2D eigenvalue weighted by atomic mass is 32.2. The Bertz CT molecular complexity index is 904. The monoisotopic (exact) mass is 348 g/mol. The van der Waals surface area contributed by atoms with E-state index in [4.69, 9.17) is 0 Å². The van der Waals surface area contributed by atoms with Crippen molar-refractivity contribution in [3.63, 3.8) is 0 Å². The van der Waals surface area contributed by atoms with Gasteiger partial charge in [-0.3, -0.25) is 4.40 Å². The van der Waals surface area contributed by atoms with Crippen LogP contribution in [0.25, 0.3) is 5.65 Å². The van der Waals surface area contributed by atoms with Gasteiger partial charge in [0.05, 0.1) is 17.1 Å². The maximum atomic E-state index is 12.1. The van der Waals surface area contributed by atoms with Crippen molar-refractivity contribution in [3.8, 4) is 0 Å². The fourth-order valence-corrected chi connectivity index (χ4v) is 5.57. The van der Waals surface area contributed by atoms with Crippen molar-refractivity contribution in [1.82, 2.24) is 24.3 Å². The molecule has 128 valence electrons. The first-order valence-corrected chi connectivity index (χ1v) is 10.1. The highest BCUT2D eigenvalue weighted by molar-refractivity contribution is 7.90. The van der Waals surface area contributed by atoms with Crippen molar-refractivity contribution in [3.05, 3.63) is 17.7 Å². The molecule has 2 saturated carbocycles. The van der Waals surface area contributed by atoms with Gasteiger partial charge in [0.25, 0.3) is 0 Å². The van der Waals surface area contributed by atoms with E-state index in [2.05, 4.69) is 29.6 Å². The van der Waals surface area contributed by atoms with Gasteiger partial charge >= 0.3 is 0 Å². The van der Waals surface area contributed by atoms with E-state index >= 15 is 0 Å². The first kappa shape index (κ1) is 14.6. The highest BCUT2D eigenvalue weighted by Gasteiger charge is 2.39. The van der Waals surface area contributed by atoms with Gasteiger partial charge < -0.3 is 5.32 Å². The van der Waals surface area contributed by atoms with Crippen LogP contribution in [0.3, 0.4) is 0 Å². The number of aromatic nitrogens is 4. The highest BCUT2D eigenvalue weighted by Crippen LogP contribution is 2.36. The molecule has 2 N–H and O–H groups in total. The van der Waals surface area contributed by atoms with Crippen LogP contribution in [0.4, 0.5) is 5.82 Å². The first-order valence-electron chi connectivity index (χ1n) is 8.60. The molecule has 9 heteroatoms. The van der Waals surface area contributed by atoms with Gasteiger partial charge in [0.2, 0.25) is 10.0 Å². The largest absolute Gasteiger partial charge is 0.368 e. The van der Waals surface area contributed by atoms with Gasteiger partial charge in [-0.2, -0.15) is 0 Å². The summed E-state index contributed by atoms with van der Waals surface area (Å²) in [5, 5.41) is 11.8. The third-order valence-electron chi connectivity index (χ3n) is 5.31. The zero-order valence-corrected chi connectivity index (χ0v) is 14.1. The second-order valence-electron chi connectivity index (χ2n) is 7.05. The summed E-state index contributed by atoms with van der Waals surface area (Å²) in [6.45, 7) is 0.882. The first-order chi connectivity index (χ1) is 11.6. The van der Waals surface area contributed by atoms with Crippen LogP contribution in [0.2, 0.25) is 0 Å². The molecule has 0 radical (unpaired) electrons. The van der Waals surface area contributed by atoms with Crippen LogP contribution in [-0.4, -0.2) is 45.8 Å². The van der Waals surface area contributed by atoms with Crippen LogP contribution < -0.4 is 10.0 Å². The van der Waals surface area contributed by atoms with Crippen LogP contribution in [0.15, 0.2) is 6.20 Å². The van der Waals surface area contributed by atoms with E-state index in [9.17, 15) is 8.42 Å². The Morgan fingerprint density at radius 1 is 1.21 bits per heavy atom. The van der Waals surface area contributed by atoms with Gasteiger partial charge in [0.1, 0.15) is 11.6 Å². The maximum absolute atomic E-state index is 12.1. The van der Waals surface area contributed by atoms with Crippen LogP contribution in [0.5, 0.6) is 0 Å². The Kier molecular flexibility index (Phi) is 3.12. The van der Waals surface area contributed by atoms with Crippen LogP contribution >= 0.6 is 0 Å². The van der Waals surface area contributed by atoms with Crippen LogP contribution in [-0.2, 0) is 16.4 Å². The molecule has 0 unspecified atom stereocenters. The zero-order chi connectivity index (χ0) is 16.3. The molecule has 2 atom stereocenters. The summed E-state index contributed by atoms with van der Waals surface area (Å²) in [7, 11) is -3.13. The molecule has 24 heavy (non-hydrogen) atoms. The van der Waals surface area contributed by atoms with E-state index in [0.717, 1.165) is 68.1 Å². The molecule has 2 aromatic heterocycles. The van der Waals surface area contributed by atoms with Gasteiger partial charge in [0, 0.05) is 24.9 Å². The Morgan fingerprint density at radius 2 is 2.08 bits per heavy atom. The number of hydrogen-bond donors (Lipinski definition) is 2. The van der Waals surface area contributed by atoms with Crippen LogP contribution in [0.1, 0.15) is 49.5 Å². The Morgan fingerprint density at radius 3 is 2.92 bits per heavy atom. The molecule has 8 nitrogen and oxygen atoms in total. The summed E-state index contributed by atoms with van der Waals surface area (Å²) in [6.07, 6.45) is 6.83. The quantitative estimate of drug-likeness (QED) is 0.848. The Balaban J connectivity index is 1.42. The lowest BCUT2D eigenvalue weighted by Crippen LogP contribution is -2.35. The second kappa shape index (κ2) is 5.13. The molecule has 0 saturated heterocycles. The number of sulfonamides is 1. The smallest absolute Gasteiger partial charge is 0.214 e. The molecule has 0 aromatic carbocycles. The van der Waals surface area contributed by atoms with E-state index in [1.165, 1.54) is 0 Å². The molecule has 2 aromatic rings. The standard InChI is InChI=1S/C15H20N6O2S/c22-24(23,11-3-4-11)20-10-2-1-9(7-10)15-19-18-13-8-17-14-12(21(13)15)5-6-16-14/h8-11,16,20H,1-7H2/t9-,10-/m0/s1. The van der Waals surface area contributed by atoms with Gasteiger partial charge in [-0.1, -0.05) is 0 Å². The average molecular weight is 348 g/mol. The average Bonchev–Trinajstić information content (AvgIpc) is 2.96. The van der Waals surface area contributed by atoms with Gasteiger partial charge in [0.15, 0.2) is 5.65 Å². The van der Waals surface area contributed by atoms with Crippen molar-refractivity contribution in [2.24, 2.45) is 0 Å². The summed E-state index contributed by atoms with van der Waals surface area (Å²) in [6, 6.07) is 0.0148. The molecule has 0 spiro atoms. The topological polar surface area (TPSA) is 101 Å². The van der Waals surface area contributed by atoms with Gasteiger partial charge in [-0.25, -0.2) is 18.1 Å². The SMILES string of the molecule is O=S(=O)(N[C@H]1CC[C@H](c2nnc3cnc4c(n23)CCN4)C1)C1CC1. The lowest BCUT2D eigenvalue weighted by molar-refractivity contribution is 0.545. The summed E-state index contributed by atoms with van der Waals surface area (Å²) in [5.74, 6) is 2.09. The van der Waals surface area contributed by atoms with E-state index in [0.29, 0.717) is 0 Å². The molecule has 2 fully saturated rings. The lowest BCUT2D eigenvalue weighted by atomic mass is 10.1. The number of rotatable bonds is 4.